The summed E-state index contributed by atoms with van der Waals surface area (Å²) >= 11 is 0. The lowest BCUT2D eigenvalue weighted by Crippen LogP contribution is -2.46. The van der Waals surface area contributed by atoms with E-state index in [9.17, 15) is 4.79 Å². The lowest BCUT2D eigenvalue weighted by Gasteiger charge is -2.39. The molecule has 1 amide bonds. The van der Waals surface area contributed by atoms with Crippen LogP contribution < -0.4 is 0 Å². The van der Waals surface area contributed by atoms with Gasteiger partial charge in [-0.2, -0.15) is 0 Å². The highest BCUT2D eigenvalue weighted by Crippen LogP contribution is 2.46. The summed E-state index contributed by atoms with van der Waals surface area (Å²) in [5.74, 6) is -0.0221. The average molecular weight is 421 g/mol. The van der Waals surface area contributed by atoms with Crippen molar-refractivity contribution in [3.8, 4) is 0 Å². The average Bonchev–Trinajstić information content (AvgIpc) is 3.10. The monoisotopic (exact) mass is 420 g/mol. The van der Waals surface area contributed by atoms with Gasteiger partial charge in [0.25, 0.3) is 5.91 Å². The maximum atomic E-state index is 13.7. The first-order chi connectivity index (χ1) is 15.8. The minimum atomic E-state index is -1.00. The lowest BCUT2D eigenvalue weighted by molar-refractivity contribution is -0.110. The fraction of sp³-hybridized carbons (Fsp3) is 0.143. The SMILES string of the molecule is O=C1c2ccccc2C(OCCc2ccccn2)(c2ccccc2)N1Cc1ccccc1. The Morgan fingerprint density at radius 2 is 1.47 bits per heavy atom. The highest BCUT2D eigenvalue weighted by Gasteiger charge is 2.51. The summed E-state index contributed by atoms with van der Waals surface area (Å²) in [6.07, 6.45) is 2.45. The molecule has 32 heavy (non-hydrogen) atoms. The molecule has 1 aliphatic heterocycles. The van der Waals surface area contributed by atoms with Gasteiger partial charge in [-0.05, 0) is 23.8 Å². The van der Waals surface area contributed by atoms with Gasteiger partial charge in [0.05, 0.1) is 6.61 Å². The molecule has 0 spiro atoms. The van der Waals surface area contributed by atoms with Crippen molar-refractivity contribution < 1.29 is 9.53 Å². The topological polar surface area (TPSA) is 42.4 Å². The van der Waals surface area contributed by atoms with Crippen molar-refractivity contribution in [2.75, 3.05) is 6.61 Å². The van der Waals surface area contributed by atoms with Gasteiger partial charge in [-0.1, -0.05) is 84.9 Å². The number of pyridine rings is 1. The second-order valence-corrected chi connectivity index (χ2v) is 7.85. The number of benzene rings is 3. The van der Waals surface area contributed by atoms with Crippen LogP contribution in [-0.2, 0) is 23.4 Å². The highest BCUT2D eigenvalue weighted by atomic mass is 16.5. The molecule has 5 rings (SSSR count). The number of nitrogens with zero attached hydrogens (tertiary/aromatic N) is 2. The summed E-state index contributed by atoms with van der Waals surface area (Å²) in [6, 6.07) is 33.7. The number of aromatic nitrogens is 1. The zero-order chi connectivity index (χ0) is 21.8. The van der Waals surface area contributed by atoms with Crippen molar-refractivity contribution in [2.24, 2.45) is 0 Å². The maximum absolute atomic E-state index is 13.7. The zero-order valence-electron chi connectivity index (χ0n) is 17.7. The van der Waals surface area contributed by atoms with Crippen LogP contribution in [-0.4, -0.2) is 22.4 Å². The molecule has 1 aliphatic rings. The van der Waals surface area contributed by atoms with Crippen LogP contribution in [0, 0.1) is 0 Å². The molecule has 0 saturated carbocycles. The van der Waals surface area contributed by atoms with Crippen molar-refractivity contribution >= 4 is 5.91 Å². The number of rotatable bonds is 7. The first-order valence-corrected chi connectivity index (χ1v) is 10.8. The van der Waals surface area contributed by atoms with Gasteiger partial charge in [-0.3, -0.25) is 14.7 Å². The number of hydrogen-bond donors (Lipinski definition) is 0. The molecule has 158 valence electrons. The van der Waals surface area contributed by atoms with Crippen LogP contribution in [0.3, 0.4) is 0 Å². The quantitative estimate of drug-likeness (QED) is 0.413. The van der Waals surface area contributed by atoms with E-state index in [4.69, 9.17) is 4.74 Å². The number of hydrogen-bond acceptors (Lipinski definition) is 3. The third-order valence-electron chi connectivity index (χ3n) is 5.89. The van der Waals surface area contributed by atoms with E-state index in [2.05, 4.69) is 4.98 Å². The van der Waals surface area contributed by atoms with E-state index in [1.807, 2.05) is 108 Å². The molecular formula is C28H24N2O2. The predicted octanol–water partition coefficient (Wildman–Crippen LogP) is 5.20. The number of carbonyl (C=O) groups is 1. The van der Waals surface area contributed by atoms with Crippen molar-refractivity contribution in [1.29, 1.82) is 0 Å². The second kappa shape index (κ2) is 8.77. The summed E-state index contributed by atoms with van der Waals surface area (Å²) in [5, 5.41) is 0. The molecule has 0 bridgehead atoms. The fourth-order valence-corrected chi connectivity index (χ4v) is 4.41. The largest absolute Gasteiger partial charge is 0.347 e. The Morgan fingerprint density at radius 3 is 2.22 bits per heavy atom. The Labute approximate surface area is 188 Å². The molecule has 4 heteroatoms. The summed E-state index contributed by atoms with van der Waals surface area (Å²) in [4.78, 5) is 19.9. The highest BCUT2D eigenvalue weighted by molar-refractivity contribution is 6.00. The smallest absolute Gasteiger partial charge is 0.257 e. The Morgan fingerprint density at radius 1 is 0.781 bits per heavy atom. The van der Waals surface area contributed by atoms with Crippen LogP contribution in [0.2, 0.25) is 0 Å². The van der Waals surface area contributed by atoms with Crippen LogP contribution >= 0.6 is 0 Å². The Kier molecular flexibility index (Phi) is 5.53. The minimum Gasteiger partial charge on any atom is -0.347 e. The first-order valence-electron chi connectivity index (χ1n) is 10.8. The molecule has 1 aromatic heterocycles. The van der Waals surface area contributed by atoms with E-state index < -0.39 is 5.72 Å². The molecule has 4 aromatic rings. The van der Waals surface area contributed by atoms with Crippen molar-refractivity contribution in [3.05, 3.63) is 137 Å². The third-order valence-corrected chi connectivity index (χ3v) is 5.89. The molecular weight excluding hydrogens is 396 g/mol. The van der Waals surface area contributed by atoms with E-state index >= 15 is 0 Å². The van der Waals surface area contributed by atoms with E-state index in [0.29, 0.717) is 25.1 Å². The molecule has 1 atom stereocenters. The molecule has 0 saturated heterocycles. The van der Waals surface area contributed by atoms with Gasteiger partial charge in [0.1, 0.15) is 0 Å². The van der Waals surface area contributed by atoms with Crippen molar-refractivity contribution in [3.63, 3.8) is 0 Å². The number of amides is 1. The molecule has 1 unspecified atom stereocenters. The molecule has 0 N–H and O–H groups in total. The standard InChI is InChI=1S/C28H24N2O2/c31-27-25-16-7-8-17-26(25)28(23-13-5-2-6-14-23,30(27)21-22-11-3-1-4-12-22)32-20-18-24-15-9-10-19-29-24/h1-17,19H,18,20-21H2. The van der Waals surface area contributed by atoms with Crippen LogP contribution in [0.1, 0.15) is 32.7 Å². The summed E-state index contributed by atoms with van der Waals surface area (Å²) in [7, 11) is 0. The van der Waals surface area contributed by atoms with Crippen LogP contribution in [0.4, 0.5) is 0 Å². The molecule has 0 radical (unpaired) electrons. The van der Waals surface area contributed by atoms with Gasteiger partial charge in [0.15, 0.2) is 5.72 Å². The predicted molar refractivity (Wildman–Crippen MR) is 124 cm³/mol. The van der Waals surface area contributed by atoms with Crippen LogP contribution in [0.15, 0.2) is 109 Å². The molecule has 0 aliphatic carbocycles. The first kappa shape index (κ1) is 20.2. The van der Waals surface area contributed by atoms with Gasteiger partial charge < -0.3 is 4.74 Å². The molecule has 2 heterocycles. The summed E-state index contributed by atoms with van der Waals surface area (Å²) in [5.41, 5.74) is 3.53. The Balaban J connectivity index is 1.59. The van der Waals surface area contributed by atoms with Gasteiger partial charge >= 0.3 is 0 Å². The van der Waals surface area contributed by atoms with E-state index in [1.165, 1.54) is 0 Å². The third kappa shape index (κ3) is 3.59. The number of fused-ring (bicyclic) bond motifs is 1. The van der Waals surface area contributed by atoms with E-state index in [-0.39, 0.29) is 5.91 Å². The van der Waals surface area contributed by atoms with Gasteiger partial charge in [0, 0.05) is 41.5 Å². The van der Waals surface area contributed by atoms with Gasteiger partial charge in [-0.25, -0.2) is 0 Å². The van der Waals surface area contributed by atoms with Crippen molar-refractivity contribution in [1.82, 2.24) is 9.88 Å². The molecule has 4 nitrogen and oxygen atoms in total. The van der Waals surface area contributed by atoms with Crippen LogP contribution in [0.25, 0.3) is 0 Å². The normalized spacial score (nSPS) is 17.4. The van der Waals surface area contributed by atoms with E-state index in [1.54, 1.807) is 6.20 Å². The van der Waals surface area contributed by atoms with E-state index in [0.717, 1.165) is 22.4 Å². The summed E-state index contributed by atoms with van der Waals surface area (Å²) in [6.45, 7) is 0.881. The Bertz CT molecular complexity index is 1200. The van der Waals surface area contributed by atoms with Gasteiger partial charge in [-0.15, -0.1) is 0 Å². The minimum absolute atomic E-state index is 0.0221. The lowest BCUT2D eigenvalue weighted by atomic mass is 9.93. The number of ether oxygens (including phenoxy) is 1. The maximum Gasteiger partial charge on any atom is 0.257 e. The molecule has 3 aromatic carbocycles. The fourth-order valence-electron chi connectivity index (χ4n) is 4.41. The second-order valence-electron chi connectivity index (χ2n) is 7.85. The zero-order valence-corrected chi connectivity index (χ0v) is 17.7. The molecule has 0 fully saturated rings. The summed E-state index contributed by atoms with van der Waals surface area (Å²) < 4.78 is 6.73. The number of carbonyl (C=O) groups excluding carboxylic acids is 1. The van der Waals surface area contributed by atoms with Crippen LogP contribution in [0.5, 0.6) is 0 Å². The van der Waals surface area contributed by atoms with Gasteiger partial charge in [0.2, 0.25) is 0 Å². The Hall–Kier alpha value is -3.76. The van der Waals surface area contributed by atoms with Crippen molar-refractivity contribution in [2.45, 2.75) is 18.7 Å².